The molecule has 1 aliphatic rings. The summed E-state index contributed by atoms with van der Waals surface area (Å²) in [6.45, 7) is 6.81. The van der Waals surface area contributed by atoms with E-state index in [0.717, 1.165) is 52.0 Å². The molecule has 1 aliphatic heterocycles. The Morgan fingerprint density at radius 2 is 2.00 bits per heavy atom. The van der Waals surface area contributed by atoms with Crippen molar-refractivity contribution in [1.82, 2.24) is 14.9 Å². The van der Waals surface area contributed by atoms with Crippen LogP contribution in [0.15, 0.2) is 12.4 Å². The largest absolute Gasteiger partial charge is 0.339 e. The van der Waals surface area contributed by atoms with Gasteiger partial charge in [-0.1, -0.05) is 6.92 Å². The van der Waals surface area contributed by atoms with Gasteiger partial charge in [-0.05, 0) is 25.8 Å². The summed E-state index contributed by atoms with van der Waals surface area (Å²) in [7, 11) is 0. The van der Waals surface area contributed by atoms with Gasteiger partial charge < -0.3 is 10.6 Å². The SMILES string of the molecule is CCC(CCN)N1CCCN(c2ncc(F)cn2)CC1. The molecular formula is C14H24FN5. The lowest BCUT2D eigenvalue weighted by atomic mass is 10.1. The van der Waals surface area contributed by atoms with Gasteiger partial charge in [0, 0.05) is 32.2 Å². The van der Waals surface area contributed by atoms with E-state index in [1.54, 1.807) is 0 Å². The highest BCUT2D eigenvalue weighted by Gasteiger charge is 2.21. The molecule has 1 unspecified atom stereocenters. The average molecular weight is 281 g/mol. The van der Waals surface area contributed by atoms with Gasteiger partial charge in [0.1, 0.15) is 0 Å². The zero-order valence-corrected chi connectivity index (χ0v) is 12.1. The first-order valence-corrected chi connectivity index (χ1v) is 7.41. The maximum Gasteiger partial charge on any atom is 0.225 e. The van der Waals surface area contributed by atoms with E-state index in [4.69, 9.17) is 5.73 Å². The Morgan fingerprint density at radius 3 is 2.65 bits per heavy atom. The molecule has 0 spiro atoms. The minimum absolute atomic E-state index is 0.390. The molecule has 1 saturated heterocycles. The van der Waals surface area contributed by atoms with Gasteiger partial charge in [0.2, 0.25) is 5.95 Å². The van der Waals surface area contributed by atoms with Crippen molar-refractivity contribution in [3.8, 4) is 0 Å². The van der Waals surface area contributed by atoms with Crippen LogP contribution < -0.4 is 10.6 Å². The fourth-order valence-electron chi connectivity index (χ4n) is 2.81. The van der Waals surface area contributed by atoms with Gasteiger partial charge >= 0.3 is 0 Å². The van der Waals surface area contributed by atoms with Crippen molar-refractivity contribution in [2.45, 2.75) is 32.2 Å². The van der Waals surface area contributed by atoms with E-state index in [-0.39, 0.29) is 5.82 Å². The lowest BCUT2D eigenvalue weighted by molar-refractivity contribution is 0.196. The van der Waals surface area contributed by atoms with Gasteiger partial charge in [0.25, 0.3) is 0 Å². The second-order valence-electron chi connectivity index (χ2n) is 5.22. The van der Waals surface area contributed by atoms with E-state index in [9.17, 15) is 4.39 Å². The number of halogens is 1. The number of nitrogens with two attached hydrogens (primary N) is 1. The van der Waals surface area contributed by atoms with Gasteiger partial charge in [-0.15, -0.1) is 0 Å². The third-order valence-electron chi connectivity index (χ3n) is 3.91. The molecule has 0 aromatic carbocycles. The molecule has 6 heteroatoms. The predicted molar refractivity (Wildman–Crippen MR) is 78.1 cm³/mol. The van der Waals surface area contributed by atoms with Crippen LogP contribution >= 0.6 is 0 Å². The summed E-state index contributed by atoms with van der Waals surface area (Å²) in [6.07, 6.45) is 5.71. The Labute approximate surface area is 120 Å². The molecular weight excluding hydrogens is 257 g/mol. The third-order valence-corrected chi connectivity index (χ3v) is 3.91. The molecule has 0 bridgehead atoms. The molecule has 0 aliphatic carbocycles. The average Bonchev–Trinajstić information content (AvgIpc) is 2.71. The van der Waals surface area contributed by atoms with Gasteiger partial charge in [0.15, 0.2) is 5.82 Å². The molecule has 20 heavy (non-hydrogen) atoms. The Bertz CT molecular complexity index is 397. The van der Waals surface area contributed by atoms with Gasteiger partial charge in [-0.3, -0.25) is 4.90 Å². The van der Waals surface area contributed by atoms with Crippen LogP contribution in [0.3, 0.4) is 0 Å². The lowest BCUT2D eigenvalue weighted by Crippen LogP contribution is -2.39. The first-order valence-electron chi connectivity index (χ1n) is 7.41. The maximum atomic E-state index is 12.9. The van der Waals surface area contributed by atoms with Crippen LogP contribution in [0.25, 0.3) is 0 Å². The summed E-state index contributed by atoms with van der Waals surface area (Å²) < 4.78 is 12.9. The number of hydrogen-bond donors (Lipinski definition) is 1. The molecule has 0 radical (unpaired) electrons. The van der Waals surface area contributed by atoms with Crippen LogP contribution in [-0.2, 0) is 0 Å². The molecule has 0 saturated carbocycles. The van der Waals surface area contributed by atoms with E-state index >= 15 is 0 Å². The molecule has 112 valence electrons. The van der Waals surface area contributed by atoms with E-state index in [1.165, 1.54) is 12.4 Å². The quantitative estimate of drug-likeness (QED) is 0.880. The summed E-state index contributed by atoms with van der Waals surface area (Å²) in [5.74, 6) is 0.235. The summed E-state index contributed by atoms with van der Waals surface area (Å²) in [4.78, 5) is 12.8. The fourth-order valence-corrected chi connectivity index (χ4v) is 2.81. The van der Waals surface area contributed by atoms with Crippen molar-refractivity contribution in [2.75, 3.05) is 37.6 Å². The smallest absolute Gasteiger partial charge is 0.225 e. The highest BCUT2D eigenvalue weighted by Crippen LogP contribution is 2.15. The molecule has 1 atom stereocenters. The first kappa shape index (κ1) is 15.1. The molecule has 0 amide bonds. The zero-order valence-electron chi connectivity index (χ0n) is 12.1. The molecule has 1 aromatic rings. The highest BCUT2D eigenvalue weighted by molar-refractivity contribution is 5.28. The normalized spacial score (nSPS) is 18.9. The summed E-state index contributed by atoms with van der Waals surface area (Å²) in [5.41, 5.74) is 5.69. The Hall–Kier alpha value is -1.27. The number of hydrogen-bond acceptors (Lipinski definition) is 5. The summed E-state index contributed by atoms with van der Waals surface area (Å²) in [6, 6.07) is 0.564. The minimum Gasteiger partial charge on any atom is -0.339 e. The lowest BCUT2D eigenvalue weighted by Gasteiger charge is -2.29. The van der Waals surface area contributed by atoms with E-state index in [2.05, 4.69) is 26.7 Å². The van der Waals surface area contributed by atoms with Crippen molar-refractivity contribution in [2.24, 2.45) is 5.73 Å². The maximum absolute atomic E-state index is 12.9. The van der Waals surface area contributed by atoms with Crippen molar-refractivity contribution in [1.29, 1.82) is 0 Å². The Morgan fingerprint density at radius 1 is 1.25 bits per heavy atom. The standard InChI is InChI=1S/C14H24FN5/c1-2-13(4-5-16)19-6-3-7-20(9-8-19)14-17-10-12(15)11-18-14/h10-11,13H,2-9,16H2,1H3. The van der Waals surface area contributed by atoms with Crippen molar-refractivity contribution in [3.05, 3.63) is 18.2 Å². The second kappa shape index (κ2) is 7.50. The van der Waals surface area contributed by atoms with Crippen LogP contribution in [0.4, 0.5) is 10.3 Å². The van der Waals surface area contributed by atoms with Crippen LogP contribution in [0.5, 0.6) is 0 Å². The van der Waals surface area contributed by atoms with Gasteiger partial charge in [-0.25, -0.2) is 14.4 Å². The van der Waals surface area contributed by atoms with Crippen LogP contribution in [0, 0.1) is 5.82 Å². The second-order valence-corrected chi connectivity index (χ2v) is 5.22. The third kappa shape index (κ3) is 3.86. The van der Waals surface area contributed by atoms with Gasteiger partial charge in [-0.2, -0.15) is 0 Å². The first-order chi connectivity index (χ1) is 9.74. The van der Waals surface area contributed by atoms with Crippen LogP contribution in [0.2, 0.25) is 0 Å². The summed E-state index contributed by atoms with van der Waals surface area (Å²) in [5, 5.41) is 0. The number of aromatic nitrogens is 2. The zero-order chi connectivity index (χ0) is 14.4. The number of nitrogens with zero attached hydrogens (tertiary/aromatic N) is 4. The minimum atomic E-state index is -0.390. The van der Waals surface area contributed by atoms with Crippen molar-refractivity contribution < 1.29 is 4.39 Å². The Kier molecular flexibility index (Phi) is 5.67. The van der Waals surface area contributed by atoms with E-state index in [1.807, 2.05) is 0 Å². The molecule has 2 N–H and O–H groups in total. The Balaban J connectivity index is 1.96. The number of rotatable bonds is 5. The molecule has 1 aromatic heterocycles. The predicted octanol–water partition coefficient (Wildman–Crippen LogP) is 1.26. The molecule has 5 nitrogen and oxygen atoms in total. The molecule has 1 fully saturated rings. The van der Waals surface area contributed by atoms with Crippen LogP contribution in [0.1, 0.15) is 26.2 Å². The summed E-state index contributed by atoms with van der Waals surface area (Å²) >= 11 is 0. The van der Waals surface area contributed by atoms with E-state index < -0.39 is 0 Å². The van der Waals surface area contributed by atoms with E-state index in [0.29, 0.717) is 12.0 Å². The van der Waals surface area contributed by atoms with Crippen molar-refractivity contribution in [3.63, 3.8) is 0 Å². The molecule has 2 rings (SSSR count). The van der Waals surface area contributed by atoms with Gasteiger partial charge in [0.05, 0.1) is 12.4 Å². The molecule has 2 heterocycles. The van der Waals surface area contributed by atoms with Crippen LogP contribution in [-0.4, -0.2) is 53.6 Å². The monoisotopic (exact) mass is 281 g/mol. The highest BCUT2D eigenvalue weighted by atomic mass is 19.1. The van der Waals surface area contributed by atoms with Crippen molar-refractivity contribution >= 4 is 5.95 Å². The topological polar surface area (TPSA) is 58.3 Å². The fraction of sp³-hybridized carbons (Fsp3) is 0.714. The number of anilines is 1.